The van der Waals surface area contributed by atoms with Gasteiger partial charge in [-0.3, -0.25) is 4.79 Å². The lowest BCUT2D eigenvalue weighted by molar-refractivity contribution is -0.118. The Hall–Kier alpha value is -1.07. The molecule has 1 heterocycles. The van der Waals surface area contributed by atoms with Crippen LogP contribution in [0.2, 0.25) is 5.02 Å². The number of nitrogens with one attached hydrogen (secondary N) is 1. The second kappa shape index (κ2) is 6.14. The lowest BCUT2D eigenvalue weighted by Crippen LogP contribution is -2.27. The number of amides is 1. The Morgan fingerprint density at radius 3 is 3.05 bits per heavy atom. The molecule has 1 saturated carbocycles. The van der Waals surface area contributed by atoms with Crippen LogP contribution < -0.4 is 14.8 Å². The number of carbonyl (C=O) groups is 1. The highest BCUT2D eigenvalue weighted by Crippen LogP contribution is 2.40. The third-order valence-electron chi connectivity index (χ3n) is 3.27. The molecule has 0 radical (unpaired) electrons. The van der Waals surface area contributed by atoms with E-state index in [1.807, 2.05) is 12.1 Å². The predicted octanol–water partition coefficient (Wildman–Crippen LogP) is 2.83. The summed E-state index contributed by atoms with van der Waals surface area (Å²) in [6.45, 7) is 1.05. The van der Waals surface area contributed by atoms with Gasteiger partial charge in [0.25, 0.3) is 0 Å². The van der Waals surface area contributed by atoms with Crippen LogP contribution in [-0.4, -0.2) is 25.0 Å². The van der Waals surface area contributed by atoms with Gasteiger partial charge in [0.2, 0.25) is 12.7 Å². The molecule has 0 unspecified atom stereocenters. The molecule has 1 amide bonds. The van der Waals surface area contributed by atoms with Gasteiger partial charge < -0.3 is 14.8 Å². The minimum absolute atomic E-state index is 0.105. The predicted molar refractivity (Wildman–Crippen MR) is 79.5 cm³/mol. The summed E-state index contributed by atoms with van der Waals surface area (Å²) in [5.74, 6) is 3.32. The third-order valence-corrected chi connectivity index (χ3v) is 4.56. The first-order chi connectivity index (χ1) is 9.72. The fraction of sp³-hybridized carbons (Fsp3) is 0.500. The van der Waals surface area contributed by atoms with Crippen LogP contribution >= 0.6 is 23.4 Å². The lowest BCUT2D eigenvalue weighted by atomic mass is 10.2. The molecule has 108 valence electrons. The van der Waals surface area contributed by atoms with Gasteiger partial charge in [-0.25, -0.2) is 0 Å². The third kappa shape index (κ3) is 3.52. The highest BCUT2D eigenvalue weighted by Gasteiger charge is 2.21. The largest absolute Gasteiger partial charge is 0.454 e. The molecule has 0 saturated heterocycles. The smallest absolute Gasteiger partial charge is 0.231 e. The maximum Gasteiger partial charge on any atom is 0.231 e. The molecule has 0 aromatic heterocycles. The van der Waals surface area contributed by atoms with E-state index in [-0.39, 0.29) is 12.7 Å². The summed E-state index contributed by atoms with van der Waals surface area (Å²) >= 11 is 7.69. The molecule has 1 N–H and O–H groups in total. The van der Waals surface area contributed by atoms with E-state index in [4.69, 9.17) is 21.1 Å². The van der Waals surface area contributed by atoms with Gasteiger partial charge in [0, 0.05) is 12.3 Å². The number of halogens is 1. The zero-order chi connectivity index (χ0) is 13.9. The Balaban J connectivity index is 1.46. The van der Waals surface area contributed by atoms with Crippen molar-refractivity contribution in [1.29, 1.82) is 0 Å². The molecule has 1 aliphatic carbocycles. The minimum atomic E-state index is 0.105. The molecule has 0 bridgehead atoms. The number of fused-ring (bicyclic) bond motifs is 1. The summed E-state index contributed by atoms with van der Waals surface area (Å²) in [5, 5.41) is 3.52. The van der Waals surface area contributed by atoms with Gasteiger partial charge in [-0.05, 0) is 36.5 Å². The summed E-state index contributed by atoms with van der Waals surface area (Å²) in [5.41, 5.74) is 1.04. The first-order valence-corrected chi connectivity index (χ1v) is 8.18. The summed E-state index contributed by atoms with van der Waals surface area (Å²) < 4.78 is 10.6. The summed E-state index contributed by atoms with van der Waals surface area (Å²) in [7, 11) is 0. The molecule has 1 aromatic rings. The van der Waals surface area contributed by atoms with Crippen LogP contribution in [-0.2, 0) is 10.5 Å². The highest BCUT2D eigenvalue weighted by molar-refractivity contribution is 7.99. The van der Waals surface area contributed by atoms with Crippen molar-refractivity contribution in [3.05, 3.63) is 22.7 Å². The maximum atomic E-state index is 11.6. The Morgan fingerprint density at radius 1 is 1.40 bits per heavy atom. The van der Waals surface area contributed by atoms with Gasteiger partial charge in [-0.2, -0.15) is 0 Å². The van der Waals surface area contributed by atoms with E-state index in [2.05, 4.69) is 5.32 Å². The fourth-order valence-electron chi connectivity index (χ4n) is 2.00. The summed E-state index contributed by atoms with van der Waals surface area (Å²) in [6.07, 6.45) is 2.51. The molecule has 3 rings (SSSR count). The van der Waals surface area contributed by atoms with Crippen molar-refractivity contribution < 1.29 is 14.3 Å². The van der Waals surface area contributed by atoms with E-state index >= 15 is 0 Å². The number of benzene rings is 1. The van der Waals surface area contributed by atoms with Gasteiger partial charge in [0.1, 0.15) is 0 Å². The second-order valence-electron chi connectivity index (χ2n) is 5.05. The maximum absolute atomic E-state index is 11.6. The summed E-state index contributed by atoms with van der Waals surface area (Å²) in [4.78, 5) is 11.6. The lowest BCUT2D eigenvalue weighted by Gasteiger charge is -2.06. The zero-order valence-corrected chi connectivity index (χ0v) is 12.6. The molecule has 0 spiro atoms. The molecular formula is C14H16ClNO3S. The van der Waals surface area contributed by atoms with Gasteiger partial charge in [-0.15, -0.1) is 11.8 Å². The average molecular weight is 314 g/mol. The van der Waals surface area contributed by atoms with E-state index in [9.17, 15) is 4.79 Å². The quantitative estimate of drug-likeness (QED) is 0.877. The molecule has 20 heavy (non-hydrogen) atoms. The number of hydrogen-bond donors (Lipinski definition) is 1. The Bertz CT molecular complexity index is 519. The first-order valence-electron chi connectivity index (χ1n) is 6.65. The van der Waals surface area contributed by atoms with Crippen molar-refractivity contribution in [3.8, 4) is 11.5 Å². The topological polar surface area (TPSA) is 47.6 Å². The number of rotatable bonds is 6. The minimum Gasteiger partial charge on any atom is -0.454 e. The van der Waals surface area contributed by atoms with Gasteiger partial charge in [-0.1, -0.05) is 11.6 Å². The van der Waals surface area contributed by atoms with Crippen LogP contribution in [0.15, 0.2) is 12.1 Å². The Kier molecular flexibility index (Phi) is 4.27. The average Bonchev–Trinajstić information content (AvgIpc) is 3.13. The van der Waals surface area contributed by atoms with E-state index in [0.29, 0.717) is 22.3 Å². The first kappa shape index (κ1) is 13.9. The van der Waals surface area contributed by atoms with Crippen molar-refractivity contribution in [2.45, 2.75) is 18.6 Å². The van der Waals surface area contributed by atoms with Crippen LogP contribution in [0.1, 0.15) is 18.4 Å². The van der Waals surface area contributed by atoms with Crippen LogP contribution in [0.3, 0.4) is 0 Å². The van der Waals surface area contributed by atoms with Gasteiger partial charge in [0.05, 0.1) is 10.8 Å². The second-order valence-corrected chi connectivity index (χ2v) is 6.44. The summed E-state index contributed by atoms with van der Waals surface area (Å²) in [6, 6.07) is 3.79. The Morgan fingerprint density at radius 2 is 2.25 bits per heavy atom. The van der Waals surface area contributed by atoms with Crippen molar-refractivity contribution in [2.75, 3.05) is 19.1 Å². The molecule has 1 aromatic carbocycles. The SMILES string of the molecule is O=C(CSCc1cc(Cl)c2c(c1)OCO2)NCC1CC1. The van der Waals surface area contributed by atoms with Crippen molar-refractivity contribution in [3.63, 3.8) is 0 Å². The van der Waals surface area contributed by atoms with Crippen molar-refractivity contribution in [2.24, 2.45) is 5.92 Å². The van der Waals surface area contributed by atoms with Crippen molar-refractivity contribution in [1.82, 2.24) is 5.32 Å². The van der Waals surface area contributed by atoms with Gasteiger partial charge >= 0.3 is 0 Å². The van der Waals surface area contributed by atoms with Crippen molar-refractivity contribution >= 4 is 29.3 Å². The number of thioether (sulfide) groups is 1. The van der Waals surface area contributed by atoms with E-state index in [1.54, 1.807) is 11.8 Å². The standard InChI is InChI=1S/C14H16ClNO3S/c15-11-3-10(4-12-14(11)19-8-18-12)6-20-7-13(17)16-5-9-1-2-9/h3-4,9H,1-2,5-8H2,(H,16,17). The number of carbonyl (C=O) groups excluding carboxylic acids is 1. The van der Waals surface area contributed by atoms with E-state index in [0.717, 1.165) is 23.8 Å². The van der Waals surface area contributed by atoms with Crippen LogP contribution in [0.4, 0.5) is 0 Å². The molecule has 6 heteroatoms. The van der Waals surface area contributed by atoms with E-state index < -0.39 is 0 Å². The van der Waals surface area contributed by atoms with Crippen LogP contribution in [0, 0.1) is 5.92 Å². The monoisotopic (exact) mass is 313 g/mol. The molecular weight excluding hydrogens is 298 g/mol. The van der Waals surface area contributed by atoms with E-state index in [1.165, 1.54) is 12.8 Å². The molecule has 1 aliphatic heterocycles. The van der Waals surface area contributed by atoms with Crippen LogP contribution in [0.25, 0.3) is 0 Å². The molecule has 2 aliphatic rings. The van der Waals surface area contributed by atoms with Crippen LogP contribution in [0.5, 0.6) is 11.5 Å². The fourth-order valence-corrected chi connectivity index (χ4v) is 3.08. The van der Waals surface area contributed by atoms with Gasteiger partial charge in [0.15, 0.2) is 11.5 Å². The molecule has 0 atom stereocenters. The normalized spacial score (nSPS) is 16.2. The number of ether oxygens (including phenoxy) is 2. The highest BCUT2D eigenvalue weighted by atomic mass is 35.5. The number of hydrogen-bond acceptors (Lipinski definition) is 4. The zero-order valence-electron chi connectivity index (χ0n) is 11.0. The Labute approximate surface area is 127 Å². The molecule has 4 nitrogen and oxygen atoms in total. The molecule has 1 fully saturated rings.